The Balaban J connectivity index is 2.33. The smallest absolute Gasteiger partial charge is 0.324 e. The van der Waals surface area contributed by atoms with Gasteiger partial charge in [-0.1, -0.05) is 11.6 Å². The molecule has 26 heavy (non-hydrogen) atoms. The van der Waals surface area contributed by atoms with E-state index >= 15 is 0 Å². The molecule has 2 rings (SSSR count). The average Bonchev–Trinajstić information content (AvgIpc) is 2.60. The second kappa shape index (κ2) is 7.62. The number of anilines is 1. The Labute approximate surface area is 151 Å². The molecular formula is C15H12ClN5O5. The summed E-state index contributed by atoms with van der Waals surface area (Å²) in [4.78, 5) is 46.6. The van der Waals surface area contributed by atoms with Gasteiger partial charge in [-0.2, -0.15) is 5.26 Å². The van der Waals surface area contributed by atoms with E-state index in [-0.39, 0.29) is 22.8 Å². The van der Waals surface area contributed by atoms with Crippen molar-refractivity contribution < 1.29 is 9.72 Å². The van der Waals surface area contributed by atoms with Crippen LogP contribution in [0.15, 0.2) is 34.0 Å². The fraction of sp³-hybridized carbons (Fsp3) is 0.200. The van der Waals surface area contributed by atoms with Crippen LogP contribution in [-0.2, 0) is 17.9 Å². The van der Waals surface area contributed by atoms with Crippen molar-refractivity contribution >= 4 is 28.9 Å². The molecule has 0 aliphatic carbocycles. The number of nitrogens with one attached hydrogen (secondary N) is 1. The monoisotopic (exact) mass is 377 g/mol. The SMILES string of the molecule is CCn1cc(C#N)c(=O)n(CC(=O)Nc2ccc(Cl)c([N+](=O)[O-])c2)c1=O. The summed E-state index contributed by atoms with van der Waals surface area (Å²) in [5.74, 6) is -0.765. The minimum Gasteiger partial charge on any atom is -0.324 e. The third kappa shape index (κ3) is 3.79. The Morgan fingerprint density at radius 1 is 1.42 bits per heavy atom. The number of nitro benzene ring substituents is 1. The standard InChI is InChI=1S/C15H12ClN5O5/c1-2-19-7-9(6-17)14(23)20(15(19)24)8-13(22)18-10-3-4-11(16)12(5-10)21(25)26/h3-5,7H,2,8H2,1H3,(H,18,22). The lowest BCUT2D eigenvalue weighted by atomic mass is 10.2. The molecule has 0 atom stereocenters. The highest BCUT2D eigenvalue weighted by atomic mass is 35.5. The highest BCUT2D eigenvalue weighted by molar-refractivity contribution is 6.32. The van der Waals surface area contributed by atoms with Crippen LogP contribution in [0, 0.1) is 21.4 Å². The number of rotatable bonds is 5. The van der Waals surface area contributed by atoms with Gasteiger partial charge in [0, 0.05) is 24.5 Å². The minimum absolute atomic E-state index is 0.0754. The lowest BCUT2D eigenvalue weighted by Gasteiger charge is -2.10. The van der Waals surface area contributed by atoms with Gasteiger partial charge in [0.1, 0.15) is 23.2 Å². The molecule has 0 radical (unpaired) electrons. The van der Waals surface area contributed by atoms with Gasteiger partial charge < -0.3 is 5.32 Å². The molecule has 0 bridgehead atoms. The summed E-state index contributed by atoms with van der Waals surface area (Å²) in [6.07, 6.45) is 1.13. The average molecular weight is 378 g/mol. The van der Waals surface area contributed by atoms with E-state index in [1.807, 2.05) is 0 Å². The van der Waals surface area contributed by atoms with Gasteiger partial charge in [-0.05, 0) is 19.1 Å². The number of benzene rings is 1. The van der Waals surface area contributed by atoms with Crippen LogP contribution in [0.2, 0.25) is 5.02 Å². The molecule has 0 saturated heterocycles. The molecule has 0 aliphatic heterocycles. The van der Waals surface area contributed by atoms with Crippen molar-refractivity contribution in [2.75, 3.05) is 5.32 Å². The van der Waals surface area contributed by atoms with Crippen molar-refractivity contribution in [1.82, 2.24) is 9.13 Å². The highest BCUT2D eigenvalue weighted by Crippen LogP contribution is 2.27. The molecule has 1 aromatic heterocycles. The fourth-order valence-corrected chi connectivity index (χ4v) is 2.36. The Hall–Kier alpha value is -3.45. The number of aromatic nitrogens is 2. The maximum Gasteiger partial charge on any atom is 0.331 e. The van der Waals surface area contributed by atoms with Gasteiger partial charge in [0.05, 0.1) is 4.92 Å². The molecule has 10 nitrogen and oxygen atoms in total. The summed E-state index contributed by atoms with van der Waals surface area (Å²) >= 11 is 5.69. The number of carbonyl (C=O) groups is 1. The molecular weight excluding hydrogens is 366 g/mol. The second-order valence-electron chi connectivity index (χ2n) is 5.09. The van der Waals surface area contributed by atoms with Crippen LogP contribution in [0.4, 0.5) is 11.4 Å². The van der Waals surface area contributed by atoms with E-state index in [0.717, 1.165) is 16.8 Å². The van der Waals surface area contributed by atoms with Crippen molar-refractivity contribution in [2.45, 2.75) is 20.0 Å². The zero-order chi connectivity index (χ0) is 19.4. The van der Waals surface area contributed by atoms with E-state index in [0.29, 0.717) is 4.57 Å². The maximum atomic E-state index is 12.2. The Bertz CT molecular complexity index is 1050. The van der Waals surface area contributed by atoms with Crippen LogP contribution in [0.5, 0.6) is 0 Å². The number of aryl methyl sites for hydroxylation is 1. The molecule has 1 N–H and O–H groups in total. The summed E-state index contributed by atoms with van der Waals surface area (Å²) < 4.78 is 1.75. The Kier molecular flexibility index (Phi) is 5.54. The molecule has 0 fully saturated rings. The van der Waals surface area contributed by atoms with Crippen molar-refractivity contribution in [3.63, 3.8) is 0 Å². The van der Waals surface area contributed by atoms with E-state index in [1.165, 1.54) is 12.1 Å². The van der Waals surface area contributed by atoms with E-state index in [4.69, 9.17) is 16.9 Å². The predicted octanol–water partition coefficient (Wildman–Crippen LogP) is 1.10. The Morgan fingerprint density at radius 2 is 2.12 bits per heavy atom. The molecule has 134 valence electrons. The van der Waals surface area contributed by atoms with E-state index in [2.05, 4.69) is 5.32 Å². The lowest BCUT2D eigenvalue weighted by Crippen LogP contribution is -2.43. The summed E-state index contributed by atoms with van der Waals surface area (Å²) in [5.41, 5.74) is -2.23. The van der Waals surface area contributed by atoms with E-state index < -0.39 is 34.3 Å². The minimum atomic E-state index is -0.889. The molecule has 0 saturated carbocycles. The third-order valence-corrected chi connectivity index (χ3v) is 3.75. The Morgan fingerprint density at radius 3 is 2.69 bits per heavy atom. The van der Waals surface area contributed by atoms with Crippen LogP contribution in [0.25, 0.3) is 0 Å². The number of halogens is 1. The quantitative estimate of drug-likeness (QED) is 0.611. The first-order valence-electron chi connectivity index (χ1n) is 7.26. The van der Waals surface area contributed by atoms with Crippen molar-refractivity contribution in [2.24, 2.45) is 0 Å². The first-order valence-corrected chi connectivity index (χ1v) is 7.64. The zero-order valence-electron chi connectivity index (χ0n) is 13.4. The number of hydrogen-bond acceptors (Lipinski definition) is 6. The topological polar surface area (TPSA) is 140 Å². The van der Waals surface area contributed by atoms with Crippen molar-refractivity contribution in [3.05, 3.63) is 65.9 Å². The van der Waals surface area contributed by atoms with Gasteiger partial charge >= 0.3 is 5.69 Å². The number of amides is 1. The molecule has 0 unspecified atom stereocenters. The summed E-state index contributed by atoms with van der Waals surface area (Å²) in [6.45, 7) is 1.20. The predicted molar refractivity (Wildman–Crippen MR) is 92.1 cm³/mol. The van der Waals surface area contributed by atoms with Gasteiger partial charge in [-0.3, -0.25) is 24.3 Å². The van der Waals surface area contributed by atoms with E-state index in [9.17, 15) is 24.5 Å². The number of carbonyl (C=O) groups excluding carboxylic acids is 1. The van der Waals surface area contributed by atoms with Gasteiger partial charge in [-0.25, -0.2) is 9.36 Å². The number of nitriles is 1. The maximum absolute atomic E-state index is 12.2. The molecule has 1 heterocycles. The van der Waals surface area contributed by atoms with Gasteiger partial charge in [0.15, 0.2) is 0 Å². The third-order valence-electron chi connectivity index (χ3n) is 3.43. The number of nitrogens with zero attached hydrogens (tertiary/aromatic N) is 4. The molecule has 11 heteroatoms. The first-order chi connectivity index (χ1) is 12.3. The molecule has 2 aromatic rings. The molecule has 1 amide bonds. The lowest BCUT2D eigenvalue weighted by molar-refractivity contribution is -0.384. The zero-order valence-corrected chi connectivity index (χ0v) is 14.2. The molecule has 1 aromatic carbocycles. The molecule has 0 aliphatic rings. The first kappa shape index (κ1) is 18.9. The number of hydrogen-bond donors (Lipinski definition) is 1. The number of nitro groups is 1. The summed E-state index contributed by atoms with van der Waals surface area (Å²) in [5, 5.41) is 22.1. The highest BCUT2D eigenvalue weighted by Gasteiger charge is 2.16. The van der Waals surface area contributed by atoms with Gasteiger partial charge in [0.2, 0.25) is 5.91 Å². The molecule has 0 spiro atoms. The summed E-state index contributed by atoms with van der Waals surface area (Å²) in [6, 6.07) is 5.30. The van der Waals surface area contributed by atoms with Crippen molar-refractivity contribution in [1.29, 1.82) is 5.26 Å². The largest absolute Gasteiger partial charge is 0.331 e. The van der Waals surface area contributed by atoms with Crippen molar-refractivity contribution in [3.8, 4) is 6.07 Å². The van der Waals surface area contributed by atoms with Crippen LogP contribution in [0.3, 0.4) is 0 Å². The second-order valence-corrected chi connectivity index (χ2v) is 5.49. The fourth-order valence-electron chi connectivity index (χ4n) is 2.17. The van der Waals surface area contributed by atoms with E-state index in [1.54, 1.807) is 13.0 Å². The van der Waals surface area contributed by atoms with Crippen LogP contribution in [0.1, 0.15) is 12.5 Å². The van der Waals surface area contributed by atoms with Crippen LogP contribution >= 0.6 is 11.6 Å². The van der Waals surface area contributed by atoms with Crippen LogP contribution in [-0.4, -0.2) is 20.0 Å². The summed E-state index contributed by atoms with van der Waals surface area (Å²) in [7, 11) is 0. The van der Waals surface area contributed by atoms with Gasteiger partial charge in [0.25, 0.3) is 11.2 Å². The van der Waals surface area contributed by atoms with Gasteiger partial charge in [-0.15, -0.1) is 0 Å². The van der Waals surface area contributed by atoms with Crippen LogP contribution < -0.4 is 16.6 Å². The normalized spacial score (nSPS) is 10.2.